The van der Waals surface area contributed by atoms with E-state index in [0.717, 1.165) is 28.3 Å². The van der Waals surface area contributed by atoms with E-state index in [1.165, 1.54) is 80.6 Å². The van der Waals surface area contributed by atoms with E-state index in [4.69, 9.17) is 0 Å². The average molecular weight is 795 g/mol. The number of hydrogen-bond donors (Lipinski definition) is 0. The van der Waals surface area contributed by atoms with Gasteiger partial charge in [-0.15, -0.1) is 11.3 Å². The molecule has 0 N–H and O–H groups in total. The van der Waals surface area contributed by atoms with Crippen LogP contribution in [0.5, 0.6) is 0 Å². The molecule has 0 unspecified atom stereocenters. The Bertz CT molecular complexity index is 3530. The molecule has 12 aromatic rings. The van der Waals surface area contributed by atoms with Gasteiger partial charge in [-0.05, 0) is 118 Å². The minimum absolute atomic E-state index is 1.10. The second kappa shape index (κ2) is 14.5. The Labute approximate surface area is 358 Å². The van der Waals surface area contributed by atoms with Crippen molar-refractivity contribution < 1.29 is 0 Å². The first-order valence-corrected chi connectivity index (χ1v) is 21.6. The van der Waals surface area contributed by atoms with Crippen molar-refractivity contribution in [3.8, 4) is 39.1 Å². The van der Waals surface area contributed by atoms with Crippen LogP contribution in [0.3, 0.4) is 0 Å². The summed E-state index contributed by atoms with van der Waals surface area (Å²) in [4.78, 5) is 2.39. The van der Waals surface area contributed by atoms with Gasteiger partial charge in [0.15, 0.2) is 0 Å². The molecule has 0 aliphatic carbocycles. The van der Waals surface area contributed by atoms with Crippen LogP contribution in [0.1, 0.15) is 0 Å². The predicted octanol–water partition coefficient (Wildman–Crippen LogP) is 16.8. The lowest BCUT2D eigenvalue weighted by atomic mass is 9.95. The molecular weight excluding hydrogens is 757 g/mol. The van der Waals surface area contributed by atoms with Gasteiger partial charge in [0, 0.05) is 53.4 Å². The Morgan fingerprint density at radius 1 is 0.311 bits per heavy atom. The average Bonchev–Trinajstić information content (AvgIpc) is 3.88. The number of para-hydroxylation sites is 3. The van der Waals surface area contributed by atoms with E-state index >= 15 is 0 Å². The van der Waals surface area contributed by atoms with Crippen LogP contribution in [-0.2, 0) is 0 Å². The highest BCUT2D eigenvalue weighted by molar-refractivity contribution is 7.25. The first kappa shape index (κ1) is 35.2. The topological polar surface area (TPSA) is 8.17 Å². The molecule has 0 saturated carbocycles. The molecule has 0 radical (unpaired) electrons. The largest absolute Gasteiger partial charge is 0.310 e. The summed E-state index contributed by atoms with van der Waals surface area (Å²) in [5.41, 5.74) is 14.1. The van der Waals surface area contributed by atoms with Crippen molar-refractivity contribution in [1.82, 2.24) is 4.57 Å². The lowest BCUT2D eigenvalue weighted by Gasteiger charge is -2.27. The van der Waals surface area contributed by atoms with Crippen LogP contribution in [0.25, 0.3) is 91.8 Å². The van der Waals surface area contributed by atoms with Crippen LogP contribution in [0.4, 0.5) is 17.1 Å². The molecule has 61 heavy (non-hydrogen) atoms. The molecule has 2 aromatic heterocycles. The van der Waals surface area contributed by atoms with Gasteiger partial charge in [0.1, 0.15) is 0 Å². The predicted molar refractivity (Wildman–Crippen MR) is 262 cm³/mol. The third-order valence-electron chi connectivity index (χ3n) is 12.2. The number of hydrogen-bond acceptors (Lipinski definition) is 2. The monoisotopic (exact) mass is 794 g/mol. The number of rotatable bonds is 7. The zero-order valence-corrected chi connectivity index (χ0v) is 34.1. The molecule has 3 heteroatoms. The van der Waals surface area contributed by atoms with E-state index in [0.29, 0.717) is 0 Å². The molecule has 10 aromatic carbocycles. The highest BCUT2D eigenvalue weighted by atomic mass is 32.1. The number of fused-ring (bicyclic) bond motifs is 7. The summed E-state index contributed by atoms with van der Waals surface area (Å²) in [6.07, 6.45) is 0. The first-order valence-electron chi connectivity index (χ1n) is 20.8. The Morgan fingerprint density at radius 3 is 1.57 bits per heavy atom. The normalized spacial score (nSPS) is 11.6. The summed E-state index contributed by atoms with van der Waals surface area (Å²) < 4.78 is 5.07. The number of anilines is 3. The van der Waals surface area contributed by atoms with Gasteiger partial charge in [-0.25, -0.2) is 0 Å². The van der Waals surface area contributed by atoms with E-state index < -0.39 is 0 Å². The molecule has 0 aliphatic rings. The van der Waals surface area contributed by atoms with Gasteiger partial charge in [0.05, 0.1) is 16.7 Å². The van der Waals surface area contributed by atoms with Crippen molar-refractivity contribution in [2.75, 3.05) is 4.90 Å². The minimum atomic E-state index is 1.10. The van der Waals surface area contributed by atoms with Crippen LogP contribution >= 0.6 is 11.3 Å². The lowest BCUT2D eigenvalue weighted by Crippen LogP contribution is -2.10. The SMILES string of the molecule is c1ccc(-c2ccc(N(c3ccccc3)c3ccc(-c4cc(-c5ccc6sc7ccccc7c6c5)cc(-n5c6ccccc6c6ccccc65)c4)cc3)c3ccccc23)cc1. The zero-order valence-electron chi connectivity index (χ0n) is 33.2. The highest BCUT2D eigenvalue weighted by Gasteiger charge is 2.19. The van der Waals surface area contributed by atoms with E-state index in [1.54, 1.807) is 0 Å². The molecule has 286 valence electrons. The second-order valence-electron chi connectivity index (χ2n) is 15.7. The van der Waals surface area contributed by atoms with E-state index in [-0.39, 0.29) is 0 Å². The van der Waals surface area contributed by atoms with E-state index in [9.17, 15) is 0 Å². The molecule has 12 rings (SSSR count). The fourth-order valence-electron chi connectivity index (χ4n) is 9.33. The molecule has 2 heterocycles. The third-order valence-corrected chi connectivity index (χ3v) is 13.3. The maximum absolute atomic E-state index is 2.44. The molecule has 0 spiro atoms. The van der Waals surface area contributed by atoms with Crippen LogP contribution < -0.4 is 4.90 Å². The Kier molecular flexibility index (Phi) is 8.39. The van der Waals surface area contributed by atoms with Gasteiger partial charge >= 0.3 is 0 Å². The summed E-state index contributed by atoms with van der Waals surface area (Å²) in [5, 5.41) is 7.56. The summed E-state index contributed by atoms with van der Waals surface area (Å²) >= 11 is 1.86. The smallest absolute Gasteiger partial charge is 0.0541 e. The zero-order chi connectivity index (χ0) is 40.3. The summed E-state index contributed by atoms with van der Waals surface area (Å²) in [6.45, 7) is 0. The van der Waals surface area contributed by atoms with Crippen LogP contribution in [-0.4, -0.2) is 4.57 Å². The lowest BCUT2D eigenvalue weighted by molar-refractivity contribution is 1.18. The van der Waals surface area contributed by atoms with Crippen molar-refractivity contribution in [1.29, 1.82) is 0 Å². The third kappa shape index (κ3) is 6.01. The Hall–Kier alpha value is -7.72. The molecule has 0 amide bonds. The van der Waals surface area contributed by atoms with Crippen LogP contribution in [0.15, 0.2) is 231 Å². The number of nitrogens with zero attached hydrogens (tertiary/aromatic N) is 2. The number of benzene rings is 10. The number of aromatic nitrogens is 1. The van der Waals surface area contributed by atoms with Crippen molar-refractivity contribution in [2.24, 2.45) is 0 Å². The summed E-state index contributed by atoms with van der Waals surface area (Å²) in [7, 11) is 0. The van der Waals surface area contributed by atoms with Crippen molar-refractivity contribution >= 4 is 81.1 Å². The van der Waals surface area contributed by atoms with Gasteiger partial charge in [0.2, 0.25) is 0 Å². The Balaban J connectivity index is 1.03. The van der Waals surface area contributed by atoms with Crippen molar-refractivity contribution in [2.45, 2.75) is 0 Å². The molecule has 0 aliphatic heterocycles. The highest BCUT2D eigenvalue weighted by Crippen LogP contribution is 2.44. The van der Waals surface area contributed by atoms with Crippen LogP contribution in [0.2, 0.25) is 0 Å². The fraction of sp³-hybridized carbons (Fsp3) is 0. The van der Waals surface area contributed by atoms with Gasteiger partial charge in [-0.1, -0.05) is 152 Å². The Morgan fingerprint density at radius 2 is 0.852 bits per heavy atom. The van der Waals surface area contributed by atoms with E-state index in [1.807, 2.05) is 11.3 Å². The molecule has 0 bridgehead atoms. The van der Waals surface area contributed by atoms with Gasteiger partial charge in [-0.3, -0.25) is 0 Å². The maximum Gasteiger partial charge on any atom is 0.0541 e. The van der Waals surface area contributed by atoms with Gasteiger partial charge in [0.25, 0.3) is 0 Å². The molecular formula is C58H38N2S. The first-order chi connectivity index (χ1) is 30.2. The summed E-state index contributed by atoms with van der Waals surface area (Å²) in [6, 6.07) is 84.2. The molecule has 2 nitrogen and oxygen atoms in total. The fourth-order valence-corrected chi connectivity index (χ4v) is 10.4. The maximum atomic E-state index is 2.44. The molecule has 0 saturated heterocycles. The number of thiophene rings is 1. The quantitative estimate of drug-likeness (QED) is 0.156. The van der Waals surface area contributed by atoms with Crippen molar-refractivity contribution in [3.63, 3.8) is 0 Å². The van der Waals surface area contributed by atoms with Crippen LogP contribution in [0, 0.1) is 0 Å². The van der Waals surface area contributed by atoms with Crippen molar-refractivity contribution in [3.05, 3.63) is 231 Å². The van der Waals surface area contributed by atoms with E-state index in [2.05, 4.69) is 240 Å². The molecule has 0 atom stereocenters. The minimum Gasteiger partial charge on any atom is -0.310 e. The van der Waals surface area contributed by atoms with Gasteiger partial charge in [-0.2, -0.15) is 0 Å². The second-order valence-corrected chi connectivity index (χ2v) is 16.8. The summed E-state index contributed by atoms with van der Waals surface area (Å²) in [5.74, 6) is 0. The molecule has 0 fully saturated rings. The standard InChI is InChI=1S/C58H38N2S/c1-3-15-40(16-4-1)47-32-33-56(49-20-8-7-19-48(47)49)59(44-17-5-2-6-18-44)45-30-27-39(28-31-45)42-35-43(41-29-34-58-53(38-41)52-23-11-14-26-57(52)61-58)37-46(36-42)60-54-24-12-9-21-50(54)51-22-10-13-25-55(51)60/h1-38H. The van der Waals surface area contributed by atoms with Gasteiger partial charge < -0.3 is 9.47 Å².